The molecule has 0 saturated carbocycles. The molecule has 1 aromatic carbocycles. The van der Waals surface area contributed by atoms with Crippen LogP contribution in [-0.4, -0.2) is 56.7 Å². The lowest BCUT2D eigenvalue weighted by molar-refractivity contribution is -0.126. The molecule has 4 rings (SSSR count). The normalized spacial score (nSPS) is 19.5. The molecule has 2 fully saturated rings. The molecule has 0 bridgehead atoms. The third-order valence-corrected chi connectivity index (χ3v) is 6.24. The Morgan fingerprint density at radius 3 is 2.58 bits per heavy atom. The Kier molecular flexibility index (Phi) is 4.01. The minimum absolute atomic E-state index is 0.0666. The average molecular weight is 361 g/mol. The van der Waals surface area contributed by atoms with E-state index in [9.17, 15) is 14.4 Å². The number of hydrogen-bond acceptors (Lipinski definition) is 6. The van der Waals surface area contributed by atoms with Gasteiger partial charge in [0.25, 0.3) is 11.1 Å². The molecular weight excluding hydrogens is 346 g/mol. The van der Waals surface area contributed by atoms with Gasteiger partial charge in [0.1, 0.15) is 0 Å². The first-order chi connectivity index (χ1) is 11.6. The summed E-state index contributed by atoms with van der Waals surface area (Å²) in [7, 11) is 0. The van der Waals surface area contributed by atoms with E-state index in [1.165, 1.54) is 16.2 Å². The number of benzene rings is 1. The van der Waals surface area contributed by atoms with Crippen molar-refractivity contribution in [2.75, 3.05) is 18.8 Å². The number of rotatable bonds is 2. The minimum Gasteiger partial charge on any atom is -0.336 e. The zero-order valence-corrected chi connectivity index (χ0v) is 14.4. The molecule has 124 valence electrons. The predicted octanol–water partition coefficient (Wildman–Crippen LogP) is 2.60. The van der Waals surface area contributed by atoms with Crippen LogP contribution in [-0.2, 0) is 4.79 Å². The van der Waals surface area contributed by atoms with Crippen molar-refractivity contribution in [3.63, 3.8) is 0 Å². The number of hydrogen-bond donors (Lipinski definition) is 0. The summed E-state index contributed by atoms with van der Waals surface area (Å²) < 4.78 is 1.00. The number of aromatic nitrogens is 1. The highest BCUT2D eigenvalue weighted by atomic mass is 32.2. The van der Waals surface area contributed by atoms with Crippen LogP contribution in [0, 0.1) is 0 Å². The van der Waals surface area contributed by atoms with Crippen LogP contribution in [0.3, 0.4) is 0 Å². The van der Waals surface area contributed by atoms with E-state index in [-0.39, 0.29) is 28.8 Å². The second-order valence-electron chi connectivity index (χ2n) is 5.83. The Hall–Kier alpha value is -1.93. The van der Waals surface area contributed by atoms with Crippen LogP contribution in [0.4, 0.5) is 4.79 Å². The number of para-hydroxylation sites is 1. The Bertz CT molecular complexity index is 778. The Labute approximate surface area is 146 Å². The zero-order chi connectivity index (χ0) is 16.7. The molecule has 2 aromatic rings. The number of thiazole rings is 1. The molecule has 3 heterocycles. The quantitative estimate of drug-likeness (QED) is 0.822. The first kappa shape index (κ1) is 15.6. The Morgan fingerprint density at radius 1 is 1.17 bits per heavy atom. The predicted molar refractivity (Wildman–Crippen MR) is 93.2 cm³/mol. The van der Waals surface area contributed by atoms with Gasteiger partial charge >= 0.3 is 0 Å². The van der Waals surface area contributed by atoms with E-state index in [1.807, 2.05) is 24.3 Å². The summed E-state index contributed by atoms with van der Waals surface area (Å²) >= 11 is 2.46. The molecule has 0 atom stereocenters. The van der Waals surface area contributed by atoms with Crippen molar-refractivity contribution in [2.24, 2.45) is 0 Å². The molecule has 0 radical (unpaired) electrons. The Balaban J connectivity index is 1.44. The summed E-state index contributed by atoms with van der Waals surface area (Å²) in [5.41, 5.74) is 0.839. The molecule has 8 heteroatoms. The number of carbonyl (C=O) groups excluding carboxylic acids is 3. The van der Waals surface area contributed by atoms with Crippen LogP contribution < -0.4 is 0 Å². The second kappa shape index (κ2) is 6.18. The molecular formula is C16H15N3O3S2. The van der Waals surface area contributed by atoms with Crippen LogP contribution in [0.2, 0.25) is 0 Å². The van der Waals surface area contributed by atoms with Gasteiger partial charge in [0.2, 0.25) is 5.91 Å². The smallest absolute Gasteiger partial charge is 0.289 e. The number of imide groups is 1. The second-order valence-corrected chi connectivity index (χ2v) is 7.79. The number of piperidine rings is 1. The third kappa shape index (κ3) is 2.69. The highest BCUT2D eigenvalue weighted by Gasteiger charge is 2.38. The summed E-state index contributed by atoms with van der Waals surface area (Å²) in [6.45, 7) is 1.09. The van der Waals surface area contributed by atoms with E-state index in [0.717, 1.165) is 22.0 Å². The van der Waals surface area contributed by atoms with Crippen molar-refractivity contribution in [3.05, 3.63) is 29.3 Å². The van der Waals surface area contributed by atoms with E-state index in [1.54, 1.807) is 4.90 Å². The minimum atomic E-state index is -0.157. The van der Waals surface area contributed by atoms with Gasteiger partial charge in [-0.05, 0) is 25.0 Å². The fraction of sp³-hybridized carbons (Fsp3) is 0.375. The Morgan fingerprint density at radius 2 is 1.92 bits per heavy atom. The van der Waals surface area contributed by atoms with Gasteiger partial charge in [0.15, 0.2) is 5.01 Å². The highest BCUT2D eigenvalue weighted by Crippen LogP contribution is 2.28. The number of amides is 3. The first-order valence-electron chi connectivity index (χ1n) is 7.77. The number of carbonyl (C=O) groups is 3. The summed E-state index contributed by atoms with van der Waals surface area (Å²) in [6, 6.07) is 7.61. The highest BCUT2D eigenvalue weighted by molar-refractivity contribution is 8.14. The molecule has 1 aromatic heterocycles. The molecule has 2 aliphatic rings. The topological polar surface area (TPSA) is 70.6 Å². The largest absolute Gasteiger partial charge is 0.336 e. The van der Waals surface area contributed by atoms with Crippen molar-refractivity contribution >= 4 is 50.4 Å². The standard InChI is InChI=1S/C16H15N3O3S2/c20-13-9-23-16(22)19(13)10-5-7-18(8-6-10)15(21)14-17-11-3-1-2-4-12(11)24-14/h1-4,10H,5-9H2. The molecule has 24 heavy (non-hydrogen) atoms. The maximum Gasteiger partial charge on any atom is 0.289 e. The van der Waals surface area contributed by atoms with E-state index >= 15 is 0 Å². The zero-order valence-electron chi connectivity index (χ0n) is 12.8. The molecule has 3 amide bonds. The average Bonchev–Trinajstić information content (AvgIpc) is 3.18. The lowest BCUT2D eigenvalue weighted by Gasteiger charge is -2.35. The van der Waals surface area contributed by atoms with Gasteiger partial charge in [-0.3, -0.25) is 19.3 Å². The summed E-state index contributed by atoms with van der Waals surface area (Å²) in [5, 5.41) is 0.342. The van der Waals surface area contributed by atoms with Crippen molar-refractivity contribution in [1.29, 1.82) is 0 Å². The fourth-order valence-corrected chi connectivity index (χ4v) is 4.85. The number of likely N-dealkylation sites (tertiary alicyclic amines) is 1. The molecule has 0 spiro atoms. The van der Waals surface area contributed by atoms with Gasteiger partial charge in [-0.1, -0.05) is 23.9 Å². The third-order valence-electron chi connectivity index (χ3n) is 4.38. The van der Waals surface area contributed by atoms with Crippen LogP contribution in [0.15, 0.2) is 24.3 Å². The van der Waals surface area contributed by atoms with Gasteiger partial charge in [-0.25, -0.2) is 4.98 Å². The van der Waals surface area contributed by atoms with E-state index in [2.05, 4.69) is 4.98 Å². The fourth-order valence-electron chi connectivity index (χ4n) is 3.14. The van der Waals surface area contributed by atoms with Gasteiger partial charge < -0.3 is 4.90 Å². The summed E-state index contributed by atoms with van der Waals surface area (Å²) in [5.74, 6) is 0.0630. The van der Waals surface area contributed by atoms with Crippen LogP contribution in [0.25, 0.3) is 10.2 Å². The summed E-state index contributed by atoms with van der Waals surface area (Å²) in [4.78, 5) is 43.8. The summed E-state index contributed by atoms with van der Waals surface area (Å²) in [6.07, 6.45) is 1.27. The molecule has 0 unspecified atom stereocenters. The molecule has 0 N–H and O–H groups in total. The number of thioether (sulfide) groups is 1. The van der Waals surface area contributed by atoms with Gasteiger partial charge in [0.05, 0.1) is 16.0 Å². The number of fused-ring (bicyclic) bond motifs is 1. The van der Waals surface area contributed by atoms with Crippen LogP contribution in [0.5, 0.6) is 0 Å². The van der Waals surface area contributed by atoms with E-state index in [0.29, 0.717) is 30.9 Å². The molecule has 2 aliphatic heterocycles. The molecule has 0 aliphatic carbocycles. The molecule has 6 nitrogen and oxygen atoms in total. The monoisotopic (exact) mass is 361 g/mol. The van der Waals surface area contributed by atoms with Crippen molar-refractivity contribution < 1.29 is 14.4 Å². The van der Waals surface area contributed by atoms with Crippen LogP contribution >= 0.6 is 23.1 Å². The van der Waals surface area contributed by atoms with Crippen molar-refractivity contribution in [1.82, 2.24) is 14.8 Å². The first-order valence-corrected chi connectivity index (χ1v) is 9.57. The van der Waals surface area contributed by atoms with Gasteiger partial charge in [-0.15, -0.1) is 11.3 Å². The van der Waals surface area contributed by atoms with Crippen molar-refractivity contribution in [3.8, 4) is 0 Å². The number of nitrogens with zero attached hydrogens (tertiary/aromatic N) is 3. The maximum atomic E-state index is 12.6. The van der Waals surface area contributed by atoms with E-state index < -0.39 is 0 Å². The lowest BCUT2D eigenvalue weighted by Crippen LogP contribution is -2.48. The van der Waals surface area contributed by atoms with Gasteiger partial charge in [0, 0.05) is 19.1 Å². The lowest BCUT2D eigenvalue weighted by atomic mass is 10.0. The SMILES string of the molecule is O=C(c1nc2ccccc2s1)N1CCC(N2C(=O)CSC2=O)CC1. The maximum absolute atomic E-state index is 12.6. The van der Waals surface area contributed by atoms with Gasteiger partial charge in [-0.2, -0.15) is 0 Å². The van der Waals surface area contributed by atoms with Crippen molar-refractivity contribution in [2.45, 2.75) is 18.9 Å². The molecule has 2 saturated heterocycles. The van der Waals surface area contributed by atoms with E-state index in [4.69, 9.17) is 0 Å². The van der Waals surface area contributed by atoms with Crippen LogP contribution in [0.1, 0.15) is 22.6 Å².